The van der Waals surface area contributed by atoms with Crippen LogP contribution in [0.1, 0.15) is 18.9 Å². The maximum absolute atomic E-state index is 12.3. The number of rotatable bonds is 2. The molecule has 0 atom stereocenters. The molecule has 1 heterocycles. The zero-order chi connectivity index (χ0) is 13.6. The van der Waals surface area contributed by atoms with Gasteiger partial charge in [0.2, 0.25) is 5.88 Å². The summed E-state index contributed by atoms with van der Waals surface area (Å²) in [6.07, 6.45) is 1.71. The highest BCUT2D eigenvalue weighted by atomic mass is 79.9. The number of halogens is 1. The van der Waals surface area contributed by atoms with Crippen molar-refractivity contribution in [2.45, 2.75) is 18.9 Å². The van der Waals surface area contributed by atoms with Gasteiger partial charge in [-0.3, -0.25) is 9.36 Å². The molecule has 5 nitrogen and oxygen atoms in total. The van der Waals surface area contributed by atoms with Crippen molar-refractivity contribution in [3.63, 3.8) is 0 Å². The van der Waals surface area contributed by atoms with Crippen LogP contribution in [0.2, 0.25) is 0 Å². The first-order valence-electron chi connectivity index (χ1n) is 5.91. The molecule has 0 radical (unpaired) electrons. The smallest absolute Gasteiger partial charge is 0.338 e. The first-order valence-corrected chi connectivity index (χ1v) is 6.71. The molecule has 1 saturated carbocycles. The summed E-state index contributed by atoms with van der Waals surface area (Å²) in [5.74, 6) is -0.258. The van der Waals surface area contributed by atoms with Crippen molar-refractivity contribution in [2.75, 3.05) is 0 Å². The lowest BCUT2D eigenvalue weighted by atomic mass is 10.3. The molecule has 0 saturated heterocycles. The van der Waals surface area contributed by atoms with Crippen molar-refractivity contribution in [3.8, 4) is 11.6 Å². The van der Waals surface area contributed by atoms with Crippen LogP contribution in [0.4, 0.5) is 0 Å². The van der Waals surface area contributed by atoms with Gasteiger partial charge in [-0.15, -0.1) is 0 Å². The Labute approximate surface area is 116 Å². The van der Waals surface area contributed by atoms with Crippen molar-refractivity contribution in [1.29, 1.82) is 0 Å². The van der Waals surface area contributed by atoms with Crippen LogP contribution in [0.15, 0.2) is 44.4 Å². The van der Waals surface area contributed by atoms with Gasteiger partial charge in [0.05, 0.1) is 11.8 Å². The molecule has 1 fully saturated rings. The molecule has 1 aliphatic carbocycles. The topological polar surface area (TPSA) is 64.2 Å². The highest BCUT2D eigenvalue weighted by molar-refractivity contribution is 9.10. The van der Waals surface area contributed by atoms with E-state index in [-0.39, 0.29) is 11.9 Å². The van der Waals surface area contributed by atoms with E-state index in [1.54, 1.807) is 24.3 Å². The molecule has 19 heavy (non-hydrogen) atoms. The molecule has 2 aromatic rings. The largest absolute Gasteiger partial charge is 0.494 e. The van der Waals surface area contributed by atoms with E-state index in [1.165, 1.54) is 4.57 Å². The molecular weight excluding hydrogens is 312 g/mol. The van der Waals surface area contributed by atoms with Crippen LogP contribution in [0, 0.1) is 0 Å². The second-order valence-corrected chi connectivity index (χ2v) is 5.45. The van der Waals surface area contributed by atoms with Gasteiger partial charge in [0.25, 0.3) is 5.56 Å². The van der Waals surface area contributed by atoms with Gasteiger partial charge in [0.1, 0.15) is 0 Å². The Bertz CT molecular complexity index is 742. The summed E-state index contributed by atoms with van der Waals surface area (Å²) in [5.41, 5.74) is -0.524. The van der Waals surface area contributed by atoms with Gasteiger partial charge in [-0.2, -0.15) is 0 Å². The van der Waals surface area contributed by atoms with Crippen LogP contribution in [0.25, 0.3) is 5.69 Å². The molecule has 1 aromatic carbocycles. The first-order chi connectivity index (χ1) is 9.08. The van der Waals surface area contributed by atoms with Gasteiger partial charge in [-0.05, 0) is 37.1 Å². The Balaban J connectivity index is 2.26. The number of nitrogens with zero attached hydrogens (tertiary/aromatic N) is 2. The lowest BCUT2D eigenvalue weighted by molar-refractivity contribution is 0.398. The summed E-state index contributed by atoms with van der Waals surface area (Å²) in [5, 5.41) is 9.74. The molecule has 6 heteroatoms. The maximum Gasteiger partial charge on any atom is 0.338 e. The number of hydrogen-bond donors (Lipinski definition) is 1. The zero-order valence-corrected chi connectivity index (χ0v) is 11.5. The van der Waals surface area contributed by atoms with E-state index in [4.69, 9.17) is 0 Å². The molecule has 1 N–H and O–H groups in total. The summed E-state index contributed by atoms with van der Waals surface area (Å²) in [4.78, 5) is 24.3. The second kappa shape index (κ2) is 4.38. The molecule has 0 unspecified atom stereocenters. The Kier molecular flexibility index (Phi) is 2.82. The minimum Gasteiger partial charge on any atom is -0.494 e. The van der Waals surface area contributed by atoms with Gasteiger partial charge >= 0.3 is 5.69 Å². The average molecular weight is 323 g/mol. The molecule has 0 aliphatic heterocycles. The van der Waals surface area contributed by atoms with E-state index < -0.39 is 11.2 Å². The Morgan fingerprint density at radius 1 is 1.16 bits per heavy atom. The van der Waals surface area contributed by atoms with Crippen LogP contribution in [-0.4, -0.2) is 14.2 Å². The molecule has 0 bridgehead atoms. The second-order valence-electron chi connectivity index (χ2n) is 4.54. The molecule has 0 amide bonds. The average Bonchev–Trinajstić information content (AvgIpc) is 3.15. The Morgan fingerprint density at radius 2 is 1.79 bits per heavy atom. The molecule has 1 aliphatic rings. The third kappa shape index (κ3) is 2.12. The summed E-state index contributed by atoms with van der Waals surface area (Å²) in [7, 11) is 0. The Hall–Kier alpha value is -1.82. The van der Waals surface area contributed by atoms with E-state index in [0.717, 1.165) is 27.9 Å². The van der Waals surface area contributed by atoms with Gasteiger partial charge in [0.15, 0.2) is 0 Å². The van der Waals surface area contributed by atoms with Crippen LogP contribution < -0.4 is 11.2 Å². The van der Waals surface area contributed by atoms with Crippen molar-refractivity contribution < 1.29 is 5.11 Å². The molecule has 0 spiro atoms. The normalized spacial score (nSPS) is 14.6. The highest BCUT2D eigenvalue weighted by Gasteiger charge is 2.28. The fourth-order valence-corrected chi connectivity index (χ4v) is 2.31. The van der Waals surface area contributed by atoms with Gasteiger partial charge in [0, 0.05) is 10.5 Å². The summed E-state index contributed by atoms with van der Waals surface area (Å²) in [6.45, 7) is 0. The third-order valence-electron chi connectivity index (χ3n) is 3.11. The van der Waals surface area contributed by atoms with Crippen LogP contribution in [-0.2, 0) is 0 Å². The van der Waals surface area contributed by atoms with E-state index in [9.17, 15) is 14.7 Å². The number of hydrogen-bond acceptors (Lipinski definition) is 3. The quantitative estimate of drug-likeness (QED) is 0.917. The van der Waals surface area contributed by atoms with Crippen molar-refractivity contribution in [3.05, 3.63) is 55.6 Å². The summed E-state index contributed by atoms with van der Waals surface area (Å²) >= 11 is 3.30. The molecule has 1 aromatic heterocycles. The van der Waals surface area contributed by atoms with Gasteiger partial charge < -0.3 is 5.11 Å². The lowest BCUT2D eigenvalue weighted by Gasteiger charge is -2.11. The van der Waals surface area contributed by atoms with Gasteiger partial charge in [-0.1, -0.05) is 15.9 Å². The third-order valence-corrected chi connectivity index (χ3v) is 3.64. The van der Waals surface area contributed by atoms with Crippen molar-refractivity contribution >= 4 is 15.9 Å². The van der Waals surface area contributed by atoms with E-state index in [1.807, 2.05) is 0 Å². The van der Waals surface area contributed by atoms with Crippen molar-refractivity contribution in [2.24, 2.45) is 0 Å². The molecule has 3 rings (SSSR count). The zero-order valence-electron chi connectivity index (χ0n) is 9.91. The fraction of sp³-hybridized carbons (Fsp3) is 0.231. The van der Waals surface area contributed by atoms with E-state index >= 15 is 0 Å². The first kappa shape index (κ1) is 12.2. The number of aromatic hydroxyl groups is 1. The highest BCUT2D eigenvalue weighted by Crippen LogP contribution is 2.35. The number of benzene rings is 1. The van der Waals surface area contributed by atoms with Crippen molar-refractivity contribution in [1.82, 2.24) is 9.13 Å². The predicted molar refractivity (Wildman–Crippen MR) is 73.9 cm³/mol. The van der Waals surface area contributed by atoms with Gasteiger partial charge in [-0.25, -0.2) is 9.36 Å². The molecule has 98 valence electrons. The summed E-state index contributed by atoms with van der Waals surface area (Å²) < 4.78 is 3.22. The summed E-state index contributed by atoms with van der Waals surface area (Å²) in [6, 6.07) is 7.98. The molecular formula is C13H11BrN2O3. The SMILES string of the molecule is O=c1cc(O)n(C2CC2)c(=O)n1-c1ccc(Br)cc1. The Morgan fingerprint density at radius 3 is 2.37 bits per heavy atom. The minimum absolute atomic E-state index is 0.00907. The maximum atomic E-state index is 12.3. The number of aromatic nitrogens is 2. The van der Waals surface area contributed by atoms with E-state index in [0.29, 0.717) is 5.69 Å². The standard InChI is InChI=1S/C13H11BrN2O3/c14-8-1-3-9(4-2-8)15-11(17)7-12(18)16(13(15)19)10-5-6-10/h1-4,7,10,18H,5-6H2. The monoisotopic (exact) mass is 322 g/mol. The lowest BCUT2D eigenvalue weighted by Crippen LogP contribution is -2.37. The predicted octanol–water partition coefficient (Wildman–Crippen LogP) is 1.80. The van der Waals surface area contributed by atoms with Crippen LogP contribution in [0.5, 0.6) is 5.88 Å². The minimum atomic E-state index is -0.526. The van der Waals surface area contributed by atoms with Crippen LogP contribution in [0.3, 0.4) is 0 Å². The fourth-order valence-electron chi connectivity index (χ4n) is 2.05. The van der Waals surface area contributed by atoms with E-state index in [2.05, 4.69) is 15.9 Å². The van der Waals surface area contributed by atoms with Crippen LogP contribution >= 0.6 is 15.9 Å².